The first-order valence-electron chi connectivity index (χ1n) is 4.70. The van der Waals surface area contributed by atoms with Crippen molar-refractivity contribution in [1.82, 2.24) is 0 Å². The van der Waals surface area contributed by atoms with Crippen molar-refractivity contribution in [3.63, 3.8) is 0 Å². The summed E-state index contributed by atoms with van der Waals surface area (Å²) in [6.45, 7) is 6.88. The Hall–Kier alpha value is -0.760. The van der Waals surface area contributed by atoms with Gasteiger partial charge in [0.25, 0.3) is 0 Å². The van der Waals surface area contributed by atoms with Gasteiger partial charge in [-0.05, 0) is 49.6 Å². The van der Waals surface area contributed by atoms with Crippen LogP contribution in [0, 0.1) is 13.8 Å². The Morgan fingerprint density at radius 1 is 1.29 bits per heavy atom. The Balaban J connectivity index is 2.92. The molecule has 0 aliphatic heterocycles. The Morgan fingerprint density at radius 2 is 2.00 bits per heavy atom. The minimum absolute atomic E-state index is 0.711. The van der Waals surface area contributed by atoms with Crippen LogP contribution in [0.3, 0.4) is 0 Å². The van der Waals surface area contributed by atoms with Crippen molar-refractivity contribution in [3.8, 4) is 0 Å². The molecular weight excluding hydrogens is 240 g/mol. The lowest BCUT2D eigenvalue weighted by molar-refractivity contribution is 0.272. The maximum absolute atomic E-state index is 5.17. The summed E-state index contributed by atoms with van der Waals surface area (Å²) in [6.07, 6.45) is 3.73. The van der Waals surface area contributed by atoms with Crippen LogP contribution >= 0.6 is 15.9 Å². The zero-order chi connectivity index (χ0) is 10.6. The molecule has 1 nitrogen and oxygen atoms in total. The molecule has 0 saturated carbocycles. The van der Waals surface area contributed by atoms with Gasteiger partial charge in [-0.2, -0.15) is 0 Å². The second-order valence-electron chi connectivity index (χ2n) is 3.22. The van der Waals surface area contributed by atoms with Crippen LogP contribution in [0.2, 0.25) is 0 Å². The van der Waals surface area contributed by atoms with Gasteiger partial charge in [0.2, 0.25) is 0 Å². The molecule has 0 spiro atoms. The third-order valence-electron chi connectivity index (χ3n) is 2.06. The maximum atomic E-state index is 5.17. The van der Waals surface area contributed by atoms with Gasteiger partial charge >= 0.3 is 0 Å². The maximum Gasteiger partial charge on any atom is 0.0845 e. The number of halogens is 1. The Labute approximate surface area is 93.9 Å². The fourth-order valence-corrected chi connectivity index (χ4v) is 1.60. The fraction of sp³-hybridized carbons (Fsp3) is 0.333. The van der Waals surface area contributed by atoms with Crippen LogP contribution in [0.15, 0.2) is 22.9 Å². The Morgan fingerprint density at radius 3 is 2.64 bits per heavy atom. The summed E-state index contributed by atoms with van der Waals surface area (Å²) in [6, 6.07) is 4.27. The molecule has 0 N–H and O–H groups in total. The lowest BCUT2D eigenvalue weighted by atomic mass is 10.1. The molecule has 0 unspecified atom stereocenters. The molecule has 1 aromatic rings. The molecule has 0 radical (unpaired) electrons. The van der Waals surface area contributed by atoms with E-state index in [9.17, 15) is 0 Å². The van der Waals surface area contributed by atoms with Crippen molar-refractivity contribution in [2.45, 2.75) is 20.8 Å². The van der Waals surface area contributed by atoms with Crippen molar-refractivity contribution in [2.75, 3.05) is 6.61 Å². The number of ether oxygens (including phenoxy) is 1. The molecule has 0 aliphatic rings. The molecule has 0 fully saturated rings. The van der Waals surface area contributed by atoms with Crippen molar-refractivity contribution in [2.24, 2.45) is 0 Å². The van der Waals surface area contributed by atoms with Crippen LogP contribution in [-0.4, -0.2) is 6.61 Å². The van der Waals surface area contributed by atoms with Gasteiger partial charge in [-0.25, -0.2) is 0 Å². The van der Waals surface area contributed by atoms with E-state index in [-0.39, 0.29) is 0 Å². The van der Waals surface area contributed by atoms with Crippen molar-refractivity contribution >= 4 is 22.0 Å². The summed E-state index contributed by atoms with van der Waals surface area (Å²) in [7, 11) is 0. The van der Waals surface area contributed by atoms with E-state index >= 15 is 0 Å². The standard InChI is InChI=1S/C12H15BrO/c1-4-14-6-5-11-8-12(13)10(3)7-9(11)2/h5-8H,4H2,1-3H3/b6-5+. The summed E-state index contributed by atoms with van der Waals surface area (Å²) in [5, 5.41) is 0. The molecule has 2 heteroatoms. The summed E-state index contributed by atoms with van der Waals surface area (Å²) in [4.78, 5) is 0. The summed E-state index contributed by atoms with van der Waals surface area (Å²) in [5.74, 6) is 0. The first kappa shape index (κ1) is 11.3. The molecule has 14 heavy (non-hydrogen) atoms. The van der Waals surface area contributed by atoms with E-state index in [2.05, 4.69) is 41.9 Å². The van der Waals surface area contributed by atoms with Gasteiger partial charge < -0.3 is 4.74 Å². The van der Waals surface area contributed by atoms with Gasteiger partial charge in [0.05, 0.1) is 12.9 Å². The molecule has 0 aromatic heterocycles. The lowest BCUT2D eigenvalue weighted by Crippen LogP contribution is -1.85. The van der Waals surface area contributed by atoms with Gasteiger partial charge in [-0.15, -0.1) is 0 Å². The second-order valence-corrected chi connectivity index (χ2v) is 4.07. The van der Waals surface area contributed by atoms with Gasteiger partial charge in [0.1, 0.15) is 0 Å². The van der Waals surface area contributed by atoms with E-state index in [4.69, 9.17) is 4.74 Å². The number of aryl methyl sites for hydroxylation is 2. The SMILES string of the molecule is CCO/C=C/c1cc(Br)c(C)cc1C. The lowest BCUT2D eigenvalue weighted by Gasteiger charge is -2.04. The highest BCUT2D eigenvalue weighted by Crippen LogP contribution is 2.21. The van der Waals surface area contributed by atoms with E-state index in [0.29, 0.717) is 6.61 Å². The third-order valence-corrected chi connectivity index (χ3v) is 2.91. The minimum Gasteiger partial charge on any atom is -0.501 e. The Kier molecular flexibility index (Phi) is 4.21. The molecule has 0 atom stereocenters. The topological polar surface area (TPSA) is 9.23 Å². The highest BCUT2D eigenvalue weighted by Gasteiger charge is 1.99. The first-order valence-corrected chi connectivity index (χ1v) is 5.49. The molecular formula is C12H15BrO. The summed E-state index contributed by atoms with van der Waals surface area (Å²) in [5.41, 5.74) is 3.72. The summed E-state index contributed by atoms with van der Waals surface area (Å²) >= 11 is 3.51. The molecule has 0 bridgehead atoms. The van der Waals surface area contributed by atoms with Crippen LogP contribution in [0.1, 0.15) is 23.6 Å². The number of hydrogen-bond donors (Lipinski definition) is 0. The third kappa shape index (κ3) is 2.88. The highest BCUT2D eigenvalue weighted by molar-refractivity contribution is 9.10. The smallest absolute Gasteiger partial charge is 0.0845 e. The highest BCUT2D eigenvalue weighted by atomic mass is 79.9. The molecule has 76 valence electrons. The quantitative estimate of drug-likeness (QED) is 0.739. The normalized spacial score (nSPS) is 10.9. The molecule has 0 saturated heterocycles. The molecule has 0 aliphatic carbocycles. The van der Waals surface area contributed by atoms with Gasteiger partial charge in [0, 0.05) is 4.47 Å². The van der Waals surface area contributed by atoms with Crippen LogP contribution in [0.4, 0.5) is 0 Å². The second kappa shape index (κ2) is 5.20. The van der Waals surface area contributed by atoms with Crippen LogP contribution in [-0.2, 0) is 4.74 Å². The summed E-state index contributed by atoms with van der Waals surface area (Å²) < 4.78 is 6.30. The number of benzene rings is 1. The predicted molar refractivity (Wildman–Crippen MR) is 64.3 cm³/mol. The van der Waals surface area contributed by atoms with Crippen molar-refractivity contribution < 1.29 is 4.74 Å². The van der Waals surface area contributed by atoms with Crippen LogP contribution in [0.25, 0.3) is 6.08 Å². The first-order chi connectivity index (χ1) is 6.65. The van der Waals surface area contributed by atoms with E-state index in [0.717, 1.165) is 4.47 Å². The van der Waals surface area contributed by atoms with Gasteiger partial charge in [-0.3, -0.25) is 0 Å². The fourth-order valence-electron chi connectivity index (χ4n) is 1.24. The van der Waals surface area contributed by atoms with Crippen molar-refractivity contribution in [1.29, 1.82) is 0 Å². The molecule has 1 aromatic carbocycles. The van der Waals surface area contributed by atoms with E-state index < -0.39 is 0 Å². The Bertz CT molecular complexity index is 342. The van der Waals surface area contributed by atoms with E-state index in [1.54, 1.807) is 6.26 Å². The monoisotopic (exact) mass is 254 g/mol. The van der Waals surface area contributed by atoms with Crippen LogP contribution in [0.5, 0.6) is 0 Å². The van der Waals surface area contributed by atoms with Gasteiger partial charge in [-0.1, -0.05) is 22.0 Å². The minimum atomic E-state index is 0.711. The largest absolute Gasteiger partial charge is 0.501 e. The number of rotatable bonds is 3. The average molecular weight is 255 g/mol. The predicted octanol–water partition coefficient (Wildman–Crippen LogP) is 4.07. The van der Waals surface area contributed by atoms with Gasteiger partial charge in [0.15, 0.2) is 0 Å². The molecule has 1 rings (SSSR count). The van der Waals surface area contributed by atoms with Crippen LogP contribution < -0.4 is 0 Å². The van der Waals surface area contributed by atoms with E-state index in [1.165, 1.54) is 16.7 Å². The van der Waals surface area contributed by atoms with E-state index in [1.807, 2.05) is 13.0 Å². The van der Waals surface area contributed by atoms with Crippen molar-refractivity contribution in [3.05, 3.63) is 39.6 Å². The molecule has 0 heterocycles. The zero-order valence-corrected chi connectivity index (χ0v) is 10.4. The number of hydrogen-bond acceptors (Lipinski definition) is 1. The average Bonchev–Trinajstić information content (AvgIpc) is 2.14. The molecule has 0 amide bonds. The zero-order valence-electron chi connectivity index (χ0n) is 8.80.